The van der Waals surface area contributed by atoms with E-state index in [1.54, 1.807) is 23.5 Å². The molecule has 0 fully saturated rings. The van der Waals surface area contributed by atoms with E-state index >= 15 is 0 Å². The lowest BCUT2D eigenvalue weighted by molar-refractivity contribution is -0.129. The lowest BCUT2D eigenvalue weighted by Crippen LogP contribution is -2.33. The number of hydrogen-bond donors (Lipinski definition) is 1. The maximum Gasteiger partial charge on any atom is 0.249 e. The first-order valence-corrected chi connectivity index (χ1v) is 8.76. The van der Waals surface area contributed by atoms with Gasteiger partial charge in [-0.2, -0.15) is 9.61 Å². The van der Waals surface area contributed by atoms with E-state index in [0.29, 0.717) is 0 Å². The van der Waals surface area contributed by atoms with Gasteiger partial charge in [0.25, 0.3) is 0 Å². The molecule has 6 nitrogen and oxygen atoms in total. The number of likely N-dealkylation sites (N-methyl/N-ethyl adjacent to an activating group) is 1. The first kappa shape index (κ1) is 17.9. The molecular formula is C20H25N5O. The third-order valence-electron chi connectivity index (χ3n) is 4.27. The number of carbonyl (C=O) groups is 1. The van der Waals surface area contributed by atoms with Crippen molar-refractivity contribution in [1.29, 1.82) is 0 Å². The molecule has 0 saturated carbocycles. The highest BCUT2D eigenvalue weighted by Gasteiger charge is 2.24. The quantitative estimate of drug-likeness (QED) is 0.765. The molecule has 1 N–H and O–H groups in total. The van der Waals surface area contributed by atoms with E-state index in [1.807, 2.05) is 49.4 Å². The molecule has 136 valence electrons. The molecule has 0 aliphatic carbocycles. The Labute approximate surface area is 153 Å². The van der Waals surface area contributed by atoms with Crippen molar-refractivity contribution in [3.05, 3.63) is 59.4 Å². The van der Waals surface area contributed by atoms with Gasteiger partial charge in [-0.05, 0) is 18.4 Å². The molecular weight excluding hydrogens is 326 g/mol. The molecule has 0 bridgehead atoms. The minimum absolute atomic E-state index is 0.0175. The van der Waals surface area contributed by atoms with E-state index in [1.165, 1.54) is 0 Å². The number of benzene rings is 1. The monoisotopic (exact) mass is 351 g/mol. The van der Waals surface area contributed by atoms with Crippen molar-refractivity contribution in [1.82, 2.24) is 19.5 Å². The first-order chi connectivity index (χ1) is 12.4. The fourth-order valence-corrected chi connectivity index (χ4v) is 2.85. The smallest absolute Gasteiger partial charge is 0.249 e. The summed E-state index contributed by atoms with van der Waals surface area (Å²) < 4.78 is 1.76. The molecule has 26 heavy (non-hydrogen) atoms. The Morgan fingerprint density at radius 1 is 1.15 bits per heavy atom. The maximum atomic E-state index is 12.8. The van der Waals surface area contributed by atoms with Gasteiger partial charge in [0.2, 0.25) is 5.91 Å². The number of rotatable bonds is 5. The number of aromatic nitrogens is 3. The van der Waals surface area contributed by atoms with E-state index in [0.717, 1.165) is 28.4 Å². The average Bonchev–Trinajstić information content (AvgIpc) is 2.99. The molecule has 1 atom stereocenters. The van der Waals surface area contributed by atoms with Gasteiger partial charge >= 0.3 is 0 Å². The maximum absolute atomic E-state index is 12.8. The summed E-state index contributed by atoms with van der Waals surface area (Å²) in [5, 5.41) is 7.93. The summed E-state index contributed by atoms with van der Waals surface area (Å²) in [5.41, 5.74) is 3.53. The van der Waals surface area contributed by atoms with Crippen LogP contribution in [0.25, 0.3) is 5.65 Å². The summed E-state index contributed by atoms with van der Waals surface area (Å²) in [6.45, 7) is 6.14. The number of nitrogens with zero attached hydrogens (tertiary/aromatic N) is 4. The lowest BCUT2D eigenvalue weighted by atomic mass is 10.1. The van der Waals surface area contributed by atoms with Crippen molar-refractivity contribution in [2.75, 3.05) is 19.4 Å². The van der Waals surface area contributed by atoms with E-state index in [2.05, 4.69) is 29.2 Å². The van der Waals surface area contributed by atoms with Crippen LogP contribution in [0.5, 0.6) is 0 Å². The minimum atomic E-state index is -0.499. The van der Waals surface area contributed by atoms with Crippen molar-refractivity contribution in [2.45, 2.75) is 32.7 Å². The third kappa shape index (κ3) is 3.54. The van der Waals surface area contributed by atoms with Crippen LogP contribution < -0.4 is 5.32 Å². The number of amides is 1. The number of aryl methyl sites for hydroxylation is 1. The van der Waals surface area contributed by atoms with Crippen LogP contribution >= 0.6 is 0 Å². The van der Waals surface area contributed by atoms with Crippen LogP contribution in [-0.2, 0) is 4.79 Å². The van der Waals surface area contributed by atoms with Gasteiger partial charge in [-0.15, -0.1) is 0 Å². The van der Waals surface area contributed by atoms with Gasteiger partial charge in [-0.3, -0.25) is 4.79 Å². The highest BCUT2D eigenvalue weighted by atomic mass is 16.2. The van der Waals surface area contributed by atoms with Gasteiger partial charge in [0.15, 0.2) is 5.65 Å². The summed E-state index contributed by atoms with van der Waals surface area (Å²) in [4.78, 5) is 19.1. The molecule has 6 heteroatoms. The molecule has 1 amide bonds. The Bertz CT molecular complexity index is 915. The van der Waals surface area contributed by atoms with E-state index in [9.17, 15) is 4.79 Å². The fraction of sp³-hybridized carbons (Fsp3) is 0.350. The molecule has 0 aliphatic rings. The van der Waals surface area contributed by atoms with Crippen LogP contribution in [0.2, 0.25) is 0 Å². The number of fused-ring (bicyclic) bond motifs is 1. The number of hydrogen-bond acceptors (Lipinski definition) is 4. The normalized spacial score (nSPS) is 12.4. The molecule has 2 aromatic heterocycles. The number of carbonyl (C=O) groups excluding carboxylic acids is 1. The Morgan fingerprint density at radius 3 is 2.46 bits per heavy atom. The van der Waals surface area contributed by atoms with E-state index < -0.39 is 6.04 Å². The zero-order valence-electron chi connectivity index (χ0n) is 15.9. The van der Waals surface area contributed by atoms with Crippen LogP contribution in [0.3, 0.4) is 0 Å². The topological polar surface area (TPSA) is 62.5 Å². The largest absolute Gasteiger partial charge is 0.355 e. The lowest BCUT2D eigenvalue weighted by Gasteiger charge is -2.23. The standard InChI is InChI=1S/C20H25N5O/c1-13(2)16-12-18(25-17(21-16)11-14(3)23-25)22-19(20(26)24(4)5)15-9-7-6-8-10-15/h6-13,19,22H,1-5H3/t19-/m0/s1. The van der Waals surface area contributed by atoms with Crippen molar-refractivity contribution < 1.29 is 4.79 Å². The predicted octanol–water partition coefficient (Wildman–Crippen LogP) is 3.40. The summed E-state index contributed by atoms with van der Waals surface area (Å²) >= 11 is 0. The van der Waals surface area contributed by atoms with Crippen molar-refractivity contribution in [3.8, 4) is 0 Å². The molecule has 1 aromatic carbocycles. The van der Waals surface area contributed by atoms with Crippen LogP contribution in [0.15, 0.2) is 42.5 Å². The van der Waals surface area contributed by atoms with Crippen LogP contribution in [0, 0.1) is 6.92 Å². The summed E-state index contributed by atoms with van der Waals surface area (Å²) in [6.07, 6.45) is 0. The van der Waals surface area contributed by atoms with E-state index in [-0.39, 0.29) is 11.8 Å². The fourth-order valence-electron chi connectivity index (χ4n) is 2.85. The molecule has 0 radical (unpaired) electrons. The Morgan fingerprint density at radius 2 is 1.85 bits per heavy atom. The van der Waals surface area contributed by atoms with Gasteiger partial charge < -0.3 is 10.2 Å². The first-order valence-electron chi connectivity index (χ1n) is 8.76. The Hall–Kier alpha value is -2.89. The van der Waals surface area contributed by atoms with Gasteiger partial charge in [-0.25, -0.2) is 4.98 Å². The summed E-state index contributed by atoms with van der Waals surface area (Å²) in [7, 11) is 3.53. The number of nitrogens with one attached hydrogen (secondary N) is 1. The Kier molecular flexibility index (Phi) is 4.93. The van der Waals surface area contributed by atoms with Crippen molar-refractivity contribution in [3.63, 3.8) is 0 Å². The molecule has 3 rings (SSSR count). The molecule has 0 unspecified atom stereocenters. The van der Waals surface area contributed by atoms with Crippen molar-refractivity contribution >= 4 is 17.4 Å². The van der Waals surface area contributed by atoms with Gasteiger partial charge in [-0.1, -0.05) is 44.2 Å². The minimum Gasteiger partial charge on any atom is -0.355 e. The SMILES string of the molecule is Cc1cc2nc(C(C)C)cc(N[C@H](C(=O)N(C)C)c3ccccc3)n2n1. The van der Waals surface area contributed by atoms with Crippen LogP contribution in [0.4, 0.5) is 5.82 Å². The van der Waals surface area contributed by atoms with Gasteiger partial charge in [0.1, 0.15) is 11.9 Å². The van der Waals surface area contributed by atoms with E-state index in [4.69, 9.17) is 0 Å². The number of anilines is 1. The van der Waals surface area contributed by atoms with Crippen LogP contribution in [-0.4, -0.2) is 39.5 Å². The Balaban J connectivity index is 2.10. The predicted molar refractivity (Wildman–Crippen MR) is 103 cm³/mol. The zero-order chi connectivity index (χ0) is 18.8. The van der Waals surface area contributed by atoms with Crippen LogP contribution in [0.1, 0.15) is 42.8 Å². The molecule has 2 heterocycles. The van der Waals surface area contributed by atoms with Gasteiger partial charge in [0, 0.05) is 31.9 Å². The zero-order valence-corrected chi connectivity index (χ0v) is 15.9. The highest BCUT2D eigenvalue weighted by Crippen LogP contribution is 2.25. The summed E-state index contributed by atoms with van der Waals surface area (Å²) in [5.74, 6) is 1.02. The molecule has 0 spiro atoms. The third-order valence-corrected chi connectivity index (χ3v) is 4.27. The average molecular weight is 351 g/mol. The van der Waals surface area contributed by atoms with Crippen molar-refractivity contribution in [2.24, 2.45) is 0 Å². The second-order valence-corrected chi connectivity index (χ2v) is 7.00. The summed E-state index contributed by atoms with van der Waals surface area (Å²) in [6, 6.07) is 13.1. The molecule has 0 aliphatic heterocycles. The molecule has 3 aromatic rings. The second-order valence-electron chi connectivity index (χ2n) is 7.00. The molecule has 0 saturated heterocycles. The highest BCUT2D eigenvalue weighted by molar-refractivity contribution is 5.85. The van der Waals surface area contributed by atoms with Gasteiger partial charge in [0.05, 0.1) is 5.69 Å². The second kappa shape index (κ2) is 7.15.